The number of methoxy groups -OCH3 is 2. The van der Waals surface area contributed by atoms with Gasteiger partial charge < -0.3 is 39.9 Å². The Bertz CT molecular complexity index is 1970. The molecule has 2 aliphatic heterocycles. The van der Waals surface area contributed by atoms with Crippen LogP contribution in [0.25, 0.3) is 22.5 Å². The topological polar surface area (TPSA) is 175 Å². The molecular formula is C44H54N8O6. The van der Waals surface area contributed by atoms with Crippen molar-refractivity contribution in [2.24, 2.45) is 11.8 Å². The van der Waals surface area contributed by atoms with Crippen molar-refractivity contribution < 1.29 is 28.7 Å². The van der Waals surface area contributed by atoms with Crippen molar-refractivity contribution in [2.75, 3.05) is 27.3 Å². The number of aromatic nitrogens is 4. The molecule has 14 nitrogen and oxygen atoms in total. The number of H-pyrrole nitrogens is 2. The molecule has 4 N–H and O–H groups in total. The SMILES string of the molecule is CCC(C)C(NC(=O)OC)C(=O)N1CCCC1c1ncc(-c2ccc(C#Cc3ccc(-c4cnc(C5CCCN5C(=O)C(NC(=O)OC)C(C)CC)[nH]4)cc3)cc2)[nH]1. The summed E-state index contributed by atoms with van der Waals surface area (Å²) in [6.45, 7) is 9.08. The Balaban J connectivity index is 1.08. The number of rotatable bonds is 12. The third kappa shape index (κ3) is 9.36. The summed E-state index contributed by atoms with van der Waals surface area (Å²) in [5, 5.41) is 5.48. The molecule has 2 aliphatic rings. The van der Waals surface area contributed by atoms with E-state index in [-0.39, 0.29) is 35.7 Å². The summed E-state index contributed by atoms with van der Waals surface area (Å²) in [5.41, 5.74) is 5.31. The number of hydrogen-bond acceptors (Lipinski definition) is 8. The fourth-order valence-corrected chi connectivity index (χ4v) is 7.64. The second-order valence-corrected chi connectivity index (χ2v) is 15.1. The van der Waals surface area contributed by atoms with Crippen LogP contribution in [-0.4, -0.2) is 93.1 Å². The minimum Gasteiger partial charge on any atom is -0.453 e. The van der Waals surface area contributed by atoms with Crippen molar-refractivity contribution in [3.8, 4) is 34.4 Å². The van der Waals surface area contributed by atoms with Crippen LogP contribution in [0.3, 0.4) is 0 Å². The van der Waals surface area contributed by atoms with Crippen LogP contribution in [0.1, 0.15) is 101 Å². The third-order valence-corrected chi connectivity index (χ3v) is 11.5. The van der Waals surface area contributed by atoms with Crippen molar-refractivity contribution in [2.45, 2.75) is 90.4 Å². The van der Waals surface area contributed by atoms with Gasteiger partial charge in [0.1, 0.15) is 23.7 Å². The molecular weight excluding hydrogens is 737 g/mol. The number of nitrogens with zero attached hydrogens (tertiary/aromatic N) is 4. The Morgan fingerprint density at radius 1 is 0.690 bits per heavy atom. The summed E-state index contributed by atoms with van der Waals surface area (Å²) in [5.74, 6) is 7.58. The molecule has 0 radical (unpaired) electrons. The van der Waals surface area contributed by atoms with Gasteiger partial charge in [0.2, 0.25) is 11.8 Å². The molecule has 2 fully saturated rings. The number of alkyl carbamates (subject to hydrolysis) is 2. The number of amides is 4. The second kappa shape index (κ2) is 18.9. The van der Waals surface area contributed by atoms with Gasteiger partial charge in [-0.1, -0.05) is 76.6 Å². The maximum Gasteiger partial charge on any atom is 0.407 e. The summed E-state index contributed by atoms with van der Waals surface area (Å²) >= 11 is 0. The lowest BCUT2D eigenvalue weighted by Crippen LogP contribution is -2.51. The van der Waals surface area contributed by atoms with Gasteiger partial charge in [-0.2, -0.15) is 0 Å². The van der Waals surface area contributed by atoms with Crippen molar-refractivity contribution in [3.63, 3.8) is 0 Å². The smallest absolute Gasteiger partial charge is 0.407 e. The van der Waals surface area contributed by atoms with E-state index in [1.54, 1.807) is 12.4 Å². The van der Waals surface area contributed by atoms with Crippen LogP contribution in [-0.2, 0) is 19.1 Å². The quantitative estimate of drug-likeness (QED) is 0.114. The van der Waals surface area contributed by atoms with Crippen molar-refractivity contribution in [1.82, 2.24) is 40.4 Å². The van der Waals surface area contributed by atoms with E-state index >= 15 is 0 Å². The van der Waals surface area contributed by atoms with Crippen LogP contribution in [0.5, 0.6) is 0 Å². The van der Waals surface area contributed by atoms with Crippen LogP contribution < -0.4 is 10.6 Å². The normalized spacial score (nSPS) is 18.4. The lowest BCUT2D eigenvalue weighted by Gasteiger charge is -2.30. The van der Waals surface area contributed by atoms with Gasteiger partial charge >= 0.3 is 12.2 Å². The van der Waals surface area contributed by atoms with Gasteiger partial charge in [-0.05, 0) is 72.9 Å². The van der Waals surface area contributed by atoms with Gasteiger partial charge in [-0.25, -0.2) is 19.6 Å². The highest BCUT2D eigenvalue weighted by atomic mass is 16.5. The first-order valence-electron chi connectivity index (χ1n) is 20.2. The Morgan fingerprint density at radius 2 is 1.07 bits per heavy atom. The summed E-state index contributed by atoms with van der Waals surface area (Å²) < 4.78 is 9.58. The molecule has 6 atom stereocenters. The summed E-state index contributed by atoms with van der Waals surface area (Å²) in [7, 11) is 2.59. The summed E-state index contributed by atoms with van der Waals surface area (Å²) in [6.07, 6.45) is 7.06. The zero-order valence-corrected chi connectivity index (χ0v) is 34.1. The Labute approximate surface area is 339 Å². The first-order chi connectivity index (χ1) is 28.0. The minimum atomic E-state index is -0.676. The third-order valence-electron chi connectivity index (χ3n) is 11.5. The number of likely N-dealkylation sites (tertiary alicyclic amines) is 2. The Morgan fingerprint density at radius 3 is 1.41 bits per heavy atom. The van der Waals surface area contributed by atoms with E-state index in [0.29, 0.717) is 13.1 Å². The monoisotopic (exact) mass is 790 g/mol. The second-order valence-electron chi connectivity index (χ2n) is 15.1. The molecule has 2 saturated heterocycles. The molecule has 4 heterocycles. The number of ether oxygens (including phenoxy) is 2. The van der Waals surface area contributed by atoms with E-state index in [2.05, 4.69) is 42.4 Å². The number of hydrogen-bond donors (Lipinski definition) is 4. The molecule has 0 saturated carbocycles. The van der Waals surface area contributed by atoms with E-state index in [0.717, 1.165) is 83.8 Å². The Hall–Kier alpha value is -6.10. The predicted octanol–water partition coefficient (Wildman–Crippen LogP) is 6.74. The average molecular weight is 791 g/mol. The molecule has 0 bridgehead atoms. The van der Waals surface area contributed by atoms with Crippen molar-refractivity contribution >= 4 is 24.0 Å². The minimum absolute atomic E-state index is 0.0557. The fourth-order valence-electron chi connectivity index (χ4n) is 7.64. The van der Waals surface area contributed by atoms with Gasteiger partial charge in [-0.3, -0.25) is 9.59 Å². The number of aromatic amines is 2. The number of carbonyl (C=O) groups excluding carboxylic acids is 4. The van der Waals surface area contributed by atoms with Crippen LogP contribution in [0.4, 0.5) is 9.59 Å². The lowest BCUT2D eigenvalue weighted by molar-refractivity contribution is -0.136. The average Bonchev–Trinajstić information content (AvgIpc) is 4.10. The molecule has 6 rings (SSSR count). The van der Waals surface area contributed by atoms with Crippen LogP contribution in [0.2, 0.25) is 0 Å². The Kier molecular flexibility index (Phi) is 13.5. The summed E-state index contributed by atoms with van der Waals surface area (Å²) in [6, 6.07) is 14.1. The van der Waals surface area contributed by atoms with E-state index < -0.39 is 24.3 Å². The maximum absolute atomic E-state index is 13.7. The molecule has 4 aromatic rings. The van der Waals surface area contributed by atoms with E-state index in [1.807, 2.05) is 86.0 Å². The van der Waals surface area contributed by atoms with Gasteiger partial charge in [0.15, 0.2) is 0 Å². The van der Waals surface area contributed by atoms with Gasteiger partial charge in [0.05, 0.1) is 50.1 Å². The highest BCUT2D eigenvalue weighted by Crippen LogP contribution is 2.34. The molecule has 14 heteroatoms. The number of benzene rings is 2. The molecule has 4 amide bonds. The van der Waals surface area contributed by atoms with Gasteiger partial charge in [-0.15, -0.1) is 0 Å². The largest absolute Gasteiger partial charge is 0.453 e. The molecule has 0 aliphatic carbocycles. The number of imidazole rings is 2. The molecule has 306 valence electrons. The maximum atomic E-state index is 13.7. The molecule has 2 aromatic carbocycles. The molecule has 2 aromatic heterocycles. The highest BCUT2D eigenvalue weighted by Gasteiger charge is 2.39. The van der Waals surface area contributed by atoms with Crippen LogP contribution in [0, 0.1) is 23.7 Å². The zero-order valence-electron chi connectivity index (χ0n) is 34.1. The standard InChI is InChI=1S/C44H54N8O6/c1-7-27(3)37(49-43(55)57-5)41(53)51-23-9-11-35(51)39-45-25-33(47-39)31-19-15-29(16-20-31)13-14-30-17-21-32(22-18-30)34-26-46-40(48-34)36-12-10-24-52(36)42(54)38(28(4)8-2)50-44(56)58-6/h15-22,25-28,35-38H,7-12,23-24H2,1-6H3,(H,45,47)(H,46,48)(H,49,55)(H,50,56). The summed E-state index contributed by atoms with van der Waals surface area (Å²) in [4.78, 5) is 71.2. The zero-order chi connectivity index (χ0) is 41.3. The van der Waals surface area contributed by atoms with Gasteiger partial charge in [0, 0.05) is 24.2 Å². The molecule has 6 unspecified atom stereocenters. The number of nitrogens with one attached hydrogen (secondary N) is 4. The lowest BCUT2D eigenvalue weighted by atomic mass is 9.97. The van der Waals surface area contributed by atoms with Crippen LogP contribution in [0.15, 0.2) is 60.9 Å². The van der Waals surface area contributed by atoms with E-state index in [4.69, 9.17) is 9.47 Å². The first-order valence-corrected chi connectivity index (χ1v) is 20.2. The number of carbonyl (C=O) groups is 4. The predicted molar refractivity (Wildman–Crippen MR) is 219 cm³/mol. The van der Waals surface area contributed by atoms with Crippen molar-refractivity contribution in [3.05, 3.63) is 83.7 Å². The highest BCUT2D eigenvalue weighted by molar-refractivity contribution is 5.87. The van der Waals surface area contributed by atoms with Crippen LogP contribution >= 0.6 is 0 Å². The fraction of sp³-hybridized carbons (Fsp3) is 0.455. The van der Waals surface area contributed by atoms with E-state index in [1.165, 1.54) is 14.2 Å². The molecule has 58 heavy (non-hydrogen) atoms. The van der Waals surface area contributed by atoms with Crippen molar-refractivity contribution in [1.29, 1.82) is 0 Å². The molecule has 0 spiro atoms. The van der Waals surface area contributed by atoms with E-state index in [9.17, 15) is 19.2 Å². The first kappa shape index (κ1) is 41.5. The van der Waals surface area contributed by atoms with Gasteiger partial charge in [0.25, 0.3) is 0 Å².